The number of nitrogens with zero attached hydrogens (tertiary/aromatic N) is 2. The maximum absolute atomic E-state index is 12.3. The van der Waals surface area contributed by atoms with Crippen LogP contribution < -0.4 is 0 Å². The molecule has 1 aliphatic heterocycles. The lowest BCUT2D eigenvalue weighted by atomic mass is 9.88. The first-order valence-electron chi connectivity index (χ1n) is 7.99. The van der Waals surface area contributed by atoms with Crippen LogP contribution in [0.2, 0.25) is 5.02 Å². The molecule has 24 heavy (non-hydrogen) atoms. The van der Waals surface area contributed by atoms with Crippen LogP contribution in [0.5, 0.6) is 0 Å². The normalized spacial score (nSPS) is 21.3. The van der Waals surface area contributed by atoms with Crippen molar-refractivity contribution in [2.45, 2.75) is 18.9 Å². The van der Waals surface area contributed by atoms with Gasteiger partial charge in [-0.05, 0) is 36.6 Å². The van der Waals surface area contributed by atoms with Crippen molar-refractivity contribution in [3.05, 3.63) is 59.1 Å². The fraction of sp³-hybridized carbons (Fsp3) is 0.333. The minimum Gasteiger partial charge on any atom is -0.393 e. The number of halogens is 1. The van der Waals surface area contributed by atoms with Gasteiger partial charge in [-0.15, -0.1) is 0 Å². The highest BCUT2D eigenvalue weighted by atomic mass is 35.5. The van der Waals surface area contributed by atoms with Crippen molar-refractivity contribution in [3.8, 4) is 0 Å². The van der Waals surface area contributed by atoms with E-state index in [0.717, 1.165) is 17.7 Å². The molecule has 1 aromatic carbocycles. The lowest BCUT2D eigenvalue weighted by Crippen LogP contribution is -2.46. The predicted octanol–water partition coefficient (Wildman–Crippen LogP) is 2.53. The summed E-state index contributed by atoms with van der Waals surface area (Å²) in [6, 6.07) is 7.63. The highest BCUT2D eigenvalue weighted by Crippen LogP contribution is 2.22. The van der Waals surface area contributed by atoms with Gasteiger partial charge >= 0.3 is 0 Å². The fourth-order valence-electron chi connectivity index (χ4n) is 2.97. The smallest absolute Gasteiger partial charge is 0.246 e. The van der Waals surface area contributed by atoms with Crippen molar-refractivity contribution >= 4 is 23.6 Å². The van der Waals surface area contributed by atoms with Crippen LogP contribution in [0.1, 0.15) is 17.7 Å². The van der Waals surface area contributed by atoms with E-state index < -0.39 is 0 Å². The van der Waals surface area contributed by atoms with Crippen LogP contribution in [0.4, 0.5) is 0 Å². The van der Waals surface area contributed by atoms with Gasteiger partial charge in [0.2, 0.25) is 5.91 Å². The van der Waals surface area contributed by atoms with E-state index in [0.29, 0.717) is 24.5 Å². The number of hydrogen-bond donors (Lipinski definition) is 2. The summed E-state index contributed by atoms with van der Waals surface area (Å²) in [5.74, 6) is -0.0120. The Morgan fingerprint density at radius 1 is 1.42 bits per heavy atom. The van der Waals surface area contributed by atoms with Gasteiger partial charge in [0.25, 0.3) is 0 Å². The minimum absolute atomic E-state index is 0.0319. The molecule has 0 bridgehead atoms. The summed E-state index contributed by atoms with van der Waals surface area (Å²) in [6.07, 6.45) is 7.44. The monoisotopic (exact) mass is 345 g/mol. The second-order valence-electron chi connectivity index (χ2n) is 6.07. The Bertz CT molecular complexity index is 698. The SMILES string of the molecule is O=C(/C=C/c1cnc[nH]1)N1CC[C@H](O)[C@H](Cc2ccc(Cl)cc2)C1. The molecule has 2 aromatic rings. The molecule has 2 heterocycles. The Morgan fingerprint density at radius 3 is 2.92 bits per heavy atom. The summed E-state index contributed by atoms with van der Waals surface area (Å²) in [5, 5.41) is 11.0. The van der Waals surface area contributed by atoms with Gasteiger partial charge in [0, 0.05) is 30.1 Å². The van der Waals surface area contributed by atoms with Gasteiger partial charge < -0.3 is 15.0 Å². The number of aliphatic hydroxyl groups is 1. The van der Waals surface area contributed by atoms with Crippen LogP contribution in [0.25, 0.3) is 6.08 Å². The van der Waals surface area contributed by atoms with Crippen molar-refractivity contribution in [1.82, 2.24) is 14.9 Å². The van der Waals surface area contributed by atoms with E-state index in [2.05, 4.69) is 9.97 Å². The van der Waals surface area contributed by atoms with Crippen LogP contribution >= 0.6 is 11.6 Å². The lowest BCUT2D eigenvalue weighted by molar-refractivity contribution is -0.129. The average Bonchev–Trinajstić information content (AvgIpc) is 3.10. The second kappa shape index (κ2) is 7.64. The van der Waals surface area contributed by atoms with Crippen molar-refractivity contribution in [1.29, 1.82) is 0 Å². The molecule has 0 aliphatic carbocycles. The molecule has 0 unspecified atom stereocenters. The highest BCUT2D eigenvalue weighted by Gasteiger charge is 2.29. The molecule has 1 saturated heterocycles. The molecule has 1 amide bonds. The zero-order valence-electron chi connectivity index (χ0n) is 13.2. The molecule has 5 nitrogen and oxygen atoms in total. The Balaban J connectivity index is 1.62. The fourth-order valence-corrected chi connectivity index (χ4v) is 3.09. The standard InChI is InChI=1S/C18H20ClN3O2/c19-15-3-1-13(2-4-15)9-14-11-22(8-7-17(14)23)18(24)6-5-16-10-20-12-21-16/h1-6,10,12,14,17,23H,7-9,11H2,(H,20,21)/b6-5+/t14-,17+/m1/s1. The molecule has 2 atom stereocenters. The number of piperidine rings is 1. The van der Waals surface area contributed by atoms with Crippen LogP contribution in [0, 0.1) is 5.92 Å². The first-order chi connectivity index (χ1) is 11.6. The molecular formula is C18H20ClN3O2. The van der Waals surface area contributed by atoms with Gasteiger partial charge in [0.05, 0.1) is 24.3 Å². The predicted molar refractivity (Wildman–Crippen MR) is 93.5 cm³/mol. The van der Waals surface area contributed by atoms with Gasteiger partial charge in [-0.25, -0.2) is 4.98 Å². The number of hydrogen-bond acceptors (Lipinski definition) is 3. The third kappa shape index (κ3) is 4.24. The summed E-state index contributed by atoms with van der Waals surface area (Å²) >= 11 is 5.91. The number of H-pyrrole nitrogens is 1. The van der Waals surface area contributed by atoms with E-state index in [1.54, 1.807) is 29.6 Å². The Kier molecular flexibility index (Phi) is 5.33. The summed E-state index contributed by atoms with van der Waals surface area (Å²) in [7, 11) is 0. The van der Waals surface area contributed by atoms with Crippen molar-refractivity contribution in [2.75, 3.05) is 13.1 Å². The lowest BCUT2D eigenvalue weighted by Gasteiger charge is -2.36. The molecule has 6 heteroatoms. The first kappa shape index (κ1) is 16.7. The van der Waals surface area contributed by atoms with Crippen molar-refractivity contribution in [3.63, 3.8) is 0 Å². The third-order valence-electron chi connectivity index (χ3n) is 4.34. The highest BCUT2D eigenvalue weighted by molar-refractivity contribution is 6.30. The minimum atomic E-state index is -0.388. The van der Waals surface area contributed by atoms with Crippen molar-refractivity contribution < 1.29 is 9.90 Å². The van der Waals surface area contributed by atoms with E-state index in [1.165, 1.54) is 0 Å². The zero-order valence-corrected chi connectivity index (χ0v) is 14.0. The maximum Gasteiger partial charge on any atom is 0.246 e. The Morgan fingerprint density at radius 2 is 2.21 bits per heavy atom. The number of imidazole rings is 1. The summed E-state index contributed by atoms with van der Waals surface area (Å²) < 4.78 is 0. The van der Waals surface area contributed by atoms with Gasteiger partial charge in [0.15, 0.2) is 0 Å². The number of aromatic nitrogens is 2. The van der Waals surface area contributed by atoms with E-state index in [9.17, 15) is 9.90 Å². The topological polar surface area (TPSA) is 69.2 Å². The molecule has 0 saturated carbocycles. The number of carbonyl (C=O) groups is 1. The van der Waals surface area contributed by atoms with E-state index in [1.807, 2.05) is 24.3 Å². The van der Waals surface area contributed by atoms with Crippen LogP contribution in [-0.2, 0) is 11.2 Å². The zero-order chi connectivity index (χ0) is 16.9. The molecule has 3 rings (SSSR count). The summed E-state index contributed by atoms with van der Waals surface area (Å²) in [5.41, 5.74) is 1.91. The van der Waals surface area contributed by atoms with Gasteiger partial charge in [-0.3, -0.25) is 4.79 Å². The largest absolute Gasteiger partial charge is 0.393 e. The van der Waals surface area contributed by atoms with Gasteiger partial charge in [-0.2, -0.15) is 0 Å². The molecule has 126 valence electrons. The van der Waals surface area contributed by atoms with E-state index >= 15 is 0 Å². The molecular weight excluding hydrogens is 326 g/mol. The van der Waals surface area contributed by atoms with Crippen LogP contribution in [0.3, 0.4) is 0 Å². The van der Waals surface area contributed by atoms with Gasteiger partial charge in [-0.1, -0.05) is 23.7 Å². The van der Waals surface area contributed by atoms with Gasteiger partial charge in [0.1, 0.15) is 0 Å². The molecule has 1 aliphatic rings. The molecule has 2 N–H and O–H groups in total. The summed E-state index contributed by atoms with van der Waals surface area (Å²) in [4.78, 5) is 21.0. The Hall–Kier alpha value is -2.11. The number of likely N-dealkylation sites (tertiary alicyclic amines) is 1. The van der Waals surface area contributed by atoms with Crippen LogP contribution in [0.15, 0.2) is 42.9 Å². The summed E-state index contributed by atoms with van der Waals surface area (Å²) in [6.45, 7) is 1.13. The van der Waals surface area contributed by atoms with E-state index in [4.69, 9.17) is 11.6 Å². The molecule has 0 radical (unpaired) electrons. The molecule has 1 fully saturated rings. The van der Waals surface area contributed by atoms with Crippen molar-refractivity contribution in [2.24, 2.45) is 5.92 Å². The number of nitrogens with one attached hydrogen (secondary N) is 1. The quantitative estimate of drug-likeness (QED) is 0.837. The average molecular weight is 346 g/mol. The Labute approximate surface area is 146 Å². The number of benzene rings is 1. The third-order valence-corrected chi connectivity index (χ3v) is 4.59. The number of rotatable bonds is 4. The number of aromatic amines is 1. The van der Waals surface area contributed by atoms with E-state index in [-0.39, 0.29) is 17.9 Å². The molecule has 1 aromatic heterocycles. The number of aliphatic hydroxyl groups excluding tert-OH is 1. The second-order valence-corrected chi connectivity index (χ2v) is 6.51. The van der Waals surface area contributed by atoms with Crippen LogP contribution in [-0.4, -0.2) is 45.1 Å². The number of carbonyl (C=O) groups excluding carboxylic acids is 1. The number of amides is 1. The maximum atomic E-state index is 12.3. The first-order valence-corrected chi connectivity index (χ1v) is 8.37. The molecule has 0 spiro atoms.